The van der Waals surface area contributed by atoms with Gasteiger partial charge in [-0.15, -0.1) is 6.58 Å². The number of aromatic amines is 1. The maximum atomic E-state index is 10.8. The SMILES string of the molecule is C=CCCC(CCC)c1ccc2[nH]c(C=O)cc2c1. The Kier molecular flexibility index (Phi) is 4.56. The number of nitrogens with one attached hydrogen (secondary N) is 1. The number of fused-ring (bicyclic) bond motifs is 1. The highest BCUT2D eigenvalue weighted by atomic mass is 16.1. The number of rotatable bonds is 7. The largest absolute Gasteiger partial charge is 0.352 e. The van der Waals surface area contributed by atoms with Crippen LogP contribution in [0.4, 0.5) is 0 Å². The van der Waals surface area contributed by atoms with E-state index in [1.165, 1.54) is 18.4 Å². The molecule has 1 N–H and O–H groups in total. The third kappa shape index (κ3) is 3.14. The molecule has 0 radical (unpaired) electrons. The minimum absolute atomic E-state index is 0.585. The number of hydrogen-bond donors (Lipinski definition) is 1. The summed E-state index contributed by atoms with van der Waals surface area (Å²) >= 11 is 0. The van der Waals surface area contributed by atoms with Gasteiger partial charge in [0.25, 0.3) is 0 Å². The number of carbonyl (C=O) groups is 1. The summed E-state index contributed by atoms with van der Waals surface area (Å²) in [6.45, 7) is 6.03. The van der Waals surface area contributed by atoms with Gasteiger partial charge in [-0.25, -0.2) is 0 Å². The van der Waals surface area contributed by atoms with Crippen LogP contribution in [0.1, 0.15) is 54.6 Å². The van der Waals surface area contributed by atoms with Crippen LogP contribution in [0, 0.1) is 0 Å². The molecule has 2 rings (SSSR count). The molecule has 0 saturated heterocycles. The van der Waals surface area contributed by atoms with Gasteiger partial charge in [0, 0.05) is 10.9 Å². The quantitative estimate of drug-likeness (QED) is 0.558. The van der Waals surface area contributed by atoms with E-state index in [4.69, 9.17) is 0 Å². The van der Waals surface area contributed by atoms with Crippen molar-refractivity contribution in [2.24, 2.45) is 0 Å². The van der Waals surface area contributed by atoms with E-state index in [0.29, 0.717) is 11.6 Å². The van der Waals surface area contributed by atoms with Crippen molar-refractivity contribution >= 4 is 17.2 Å². The Balaban J connectivity index is 2.30. The Morgan fingerprint density at radius 1 is 1.32 bits per heavy atom. The Morgan fingerprint density at radius 2 is 2.16 bits per heavy atom. The summed E-state index contributed by atoms with van der Waals surface area (Å²) in [5, 5.41) is 1.12. The average Bonchev–Trinajstić information content (AvgIpc) is 2.85. The second-order valence-electron chi connectivity index (χ2n) is 5.04. The maximum absolute atomic E-state index is 10.8. The van der Waals surface area contributed by atoms with Crippen LogP contribution in [0.3, 0.4) is 0 Å². The molecule has 1 atom stereocenters. The molecule has 1 heterocycles. The molecule has 2 nitrogen and oxygen atoms in total. The fourth-order valence-electron chi connectivity index (χ4n) is 2.64. The highest BCUT2D eigenvalue weighted by Gasteiger charge is 2.11. The fraction of sp³-hybridized carbons (Fsp3) is 0.353. The van der Waals surface area contributed by atoms with Gasteiger partial charge in [0.15, 0.2) is 6.29 Å². The van der Waals surface area contributed by atoms with E-state index >= 15 is 0 Å². The number of aldehydes is 1. The second kappa shape index (κ2) is 6.37. The lowest BCUT2D eigenvalue weighted by atomic mass is 9.89. The molecule has 2 heteroatoms. The minimum Gasteiger partial charge on any atom is -0.352 e. The molecule has 0 aliphatic rings. The number of allylic oxidation sites excluding steroid dienone is 1. The average molecular weight is 255 g/mol. The molecular weight excluding hydrogens is 234 g/mol. The van der Waals surface area contributed by atoms with Crippen LogP contribution >= 0.6 is 0 Å². The molecule has 19 heavy (non-hydrogen) atoms. The first kappa shape index (κ1) is 13.6. The van der Waals surface area contributed by atoms with E-state index in [1.54, 1.807) is 0 Å². The summed E-state index contributed by atoms with van der Waals surface area (Å²) in [6.07, 6.45) is 7.43. The van der Waals surface area contributed by atoms with E-state index in [2.05, 4.69) is 36.7 Å². The number of benzene rings is 1. The molecular formula is C17H21NO. The summed E-state index contributed by atoms with van der Waals surface area (Å²) in [5.41, 5.74) is 3.04. The summed E-state index contributed by atoms with van der Waals surface area (Å²) < 4.78 is 0. The summed E-state index contributed by atoms with van der Waals surface area (Å²) in [6, 6.07) is 8.38. The maximum Gasteiger partial charge on any atom is 0.166 e. The van der Waals surface area contributed by atoms with Crippen molar-refractivity contribution < 1.29 is 4.79 Å². The van der Waals surface area contributed by atoms with E-state index in [-0.39, 0.29) is 0 Å². The number of hydrogen-bond acceptors (Lipinski definition) is 1. The molecule has 1 unspecified atom stereocenters. The lowest BCUT2D eigenvalue weighted by Crippen LogP contribution is -1.98. The van der Waals surface area contributed by atoms with Gasteiger partial charge < -0.3 is 4.98 Å². The number of aromatic nitrogens is 1. The minimum atomic E-state index is 0.585. The van der Waals surface area contributed by atoms with Crippen molar-refractivity contribution in [3.63, 3.8) is 0 Å². The molecule has 2 aromatic rings. The lowest BCUT2D eigenvalue weighted by molar-refractivity contribution is 0.112. The molecule has 0 spiro atoms. The smallest absolute Gasteiger partial charge is 0.166 e. The normalized spacial score (nSPS) is 12.5. The third-order valence-corrected chi connectivity index (χ3v) is 3.62. The zero-order valence-corrected chi connectivity index (χ0v) is 11.5. The van der Waals surface area contributed by atoms with Crippen LogP contribution in [0.15, 0.2) is 36.9 Å². The van der Waals surface area contributed by atoms with Gasteiger partial charge >= 0.3 is 0 Å². The molecule has 0 amide bonds. The highest BCUT2D eigenvalue weighted by Crippen LogP contribution is 2.29. The molecule has 1 aromatic carbocycles. The Labute approximate surface area is 114 Å². The molecule has 0 bridgehead atoms. The third-order valence-electron chi connectivity index (χ3n) is 3.62. The van der Waals surface area contributed by atoms with Crippen LogP contribution in [-0.4, -0.2) is 11.3 Å². The van der Waals surface area contributed by atoms with Crippen molar-refractivity contribution in [3.8, 4) is 0 Å². The summed E-state index contributed by atoms with van der Waals surface area (Å²) in [5.74, 6) is 0.585. The predicted octanol–water partition coefficient (Wildman–Crippen LogP) is 4.83. The number of H-pyrrole nitrogens is 1. The van der Waals surface area contributed by atoms with Crippen LogP contribution in [0.25, 0.3) is 10.9 Å². The van der Waals surface area contributed by atoms with Crippen molar-refractivity contribution in [1.29, 1.82) is 0 Å². The summed E-state index contributed by atoms with van der Waals surface area (Å²) in [4.78, 5) is 13.9. The van der Waals surface area contributed by atoms with E-state index in [9.17, 15) is 4.79 Å². The van der Waals surface area contributed by atoms with Gasteiger partial charge in [-0.05, 0) is 48.9 Å². The Hall–Kier alpha value is -1.83. The van der Waals surface area contributed by atoms with Crippen molar-refractivity contribution in [2.45, 2.75) is 38.5 Å². The predicted molar refractivity (Wildman–Crippen MR) is 80.8 cm³/mol. The van der Waals surface area contributed by atoms with Crippen molar-refractivity contribution in [1.82, 2.24) is 4.98 Å². The Bertz CT molecular complexity index is 568. The van der Waals surface area contributed by atoms with Crippen molar-refractivity contribution in [2.75, 3.05) is 0 Å². The fourth-order valence-corrected chi connectivity index (χ4v) is 2.64. The zero-order valence-electron chi connectivity index (χ0n) is 11.5. The zero-order chi connectivity index (χ0) is 13.7. The monoisotopic (exact) mass is 255 g/mol. The molecule has 1 aromatic heterocycles. The molecule has 0 aliphatic carbocycles. The Morgan fingerprint density at radius 3 is 2.84 bits per heavy atom. The molecule has 0 aliphatic heterocycles. The van der Waals surface area contributed by atoms with Crippen LogP contribution in [0.2, 0.25) is 0 Å². The van der Waals surface area contributed by atoms with E-state index < -0.39 is 0 Å². The first-order valence-electron chi connectivity index (χ1n) is 6.97. The van der Waals surface area contributed by atoms with Crippen LogP contribution in [-0.2, 0) is 0 Å². The van der Waals surface area contributed by atoms with Gasteiger partial charge in [0.05, 0.1) is 5.69 Å². The van der Waals surface area contributed by atoms with Gasteiger partial charge in [-0.2, -0.15) is 0 Å². The van der Waals surface area contributed by atoms with E-state index in [1.807, 2.05) is 12.1 Å². The lowest BCUT2D eigenvalue weighted by Gasteiger charge is -2.15. The van der Waals surface area contributed by atoms with Gasteiger partial charge in [-0.1, -0.05) is 25.5 Å². The van der Waals surface area contributed by atoms with Gasteiger partial charge in [0.2, 0.25) is 0 Å². The topological polar surface area (TPSA) is 32.9 Å². The molecule has 100 valence electrons. The second-order valence-corrected chi connectivity index (χ2v) is 5.04. The standard InChI is InChI=1S/C17H21NO/c1-3-5-7-13(6-4-2)14-8-9-17-15(10-14)11-16(12-19)18-17/h3,8-13,18H,1,4-7H2,2H3. The molecule has 0 saturated carbocycles. The van der Waals surface area contributed by atoms with Crippen molar-refractivity contribution in [3.05, 3.63) is 48.2 Å². The number of carbonyl (C=O) groups excluding carboxylic acids is 1. The molecule has 0 fully saturated rings. The summed E-state index contributed by atoms with van der Waals surface area (Å²) in [7, 11) is 0. The van der Waals surface area contributed by atoms with Crippen LogP contribution in [0.5, 0.6) is 0 Å². The van der Waals surface area contributed by atoms with Crippen LogP contribution < -0.4 is 0 Å². The first-order chi connectivity index (χ1) is 9.28. The first-order valence-corrected chi connectivity index (χ1v) is 6.97. The van der Waals surface area contributed by atoms with E-state index in [0.717, 1.165) is 30.0 Å². The van der Waals surface area contributed by atoms with Gasteiger partial charge in [0.1, 0.15) is 0 Å². The van der Waals surface area contributed by atoms with Gasteiger partial charge in [-0.3, -0.25) is 4.79 Å². The highest BCUT2D eigenvalue weighted by molar-refractivity contribution is 5.88.